The van der Waals surface area contributed by atoms with E-state index in [1.807, 2.05) is 43.5 Å². The molecule has 0 fully saturated rings. The first kappa shape index (κ1) is 13.3. The van der Waals surface area contributed by atoms with Crippen molar-refractivity contribution in [1.82, 2.24) is 15.1 Å². The minimum atomic E-state index is -0.133. The van der Waals surface area contributed by atoms with E-state index < -0.39 is 0 Å². The molecule has 0 radical (unpaired) electrons. The zero-order valence-corrected chi connectivity index (χ0v) is 11.3. The number of nitrogens with zero attached hydrogens (tertiary/aromatic N) is 2. The highest BCUT2D eigenvalue weighted by molar-refractivity contribution is 5.92. The molecule has 2 aromatic rings. The number of nitrogens with one attached hydrogen (secondary N) is 1. The van der Waals surface area contributed by atoms with Crippen molar-refractivity contribution in [3.05, 3.63) is 53.9 Å². The van der Waals surface area contributed by atoms with Gasteiger partial charge in [-0.2, -0.15) is 5.10 Å². The smallest absolute Gasteiger partial charge is 0.272 e. The number of hydrogen-bond donors (Lipinski definition) is 1. The van der Waals surface area contributed by atoms with Crippen LogP contribution in [-0.2, 0) is 6.54 Å². The van der Waals surface area contributed by atoms with Crippen molar-refractivity contribution in [3.63, 3.8) is 0 Å². The number of aryl methyl sites for hydroxylation is 1. The van der Waals surface area contributed by atoms with Gasteiger partial charge in [-0.05, 0) is 25.0 Å². The number of carbonyl (C=O) groups excluding carboxylic acids is 1. The molecule has 0 bridgehead atoms. The fourth-order valence-electron chi connectivity index (χ4n) is 1.93. The third-order valence-corrected chi connectivity index (χ3v) is 2.97. The fourth-order valence-corrected chi connectivity index (χ4v) is 1.93. The number of rotatable bonds is 5. The van der Waals surface area contributed by atoms with Gasteiger partial charge in [0.1, 0.15) is 5.69 Å². The molecule has 4 heteroatoms. The van der Waals surface area contributed by atoms with E-state index in [4.69, 9.17) is 0 Å². The van der Waals surface area contributed by atoms with Gasteiger partial charge < -0.3 is 5.32 Å². The average Bonchev–Trinajstić information content (AvgIpc) is 2.89. The largest absolute Gasteiger partial charge is 0.344 e. The van der Waals surface area contributed by atoms with Gasteiger partial charge in [0.05, 0.1) is 6.04 Å². The minimum absolute atomic E-state index is 0.0231. The third kappa shape index (κ3) is 3.44. The number of aromatic nitrogens is 2. The van der Waals surface area contributed by atoms with Gasteiger partial charge >= 0.3 is 0 Å². The summed E-state index contributed by atoms with van der Waals surface area (Å²) in [6.45, 7) is 4.89. The van der Waals surface area contributed by atoms with Crippen LogP contribution in [0.1, 0.15) is 42.4 Å². The van der Waals surface area contributed by atoms with Gasteiger partial charge in [-0.3, -0.25) is 9.48 Å². The highest BCUT2D eigenvalue weighted by atomic mass is 16.2. The van der Waals surface area contributed by atoms with Gasteiger partial charge in [-0.25, -0.2) is 0 Å². The maximum Gasteiger partial charge on any atom is 0.272 e. The first-order valence-electron chi connectivity index (χ1n) is 6.60. The summed E-state index contributed by atoms with van der Waals surface area (Å²) in [6, 6.07) is 11.6. The fraction of sp³-hybridized carbons (Fsp3) is 0.333. The van der Waals surface area contributed by atoms with E-state index >= 15 is 0 Å². The Bertz CT molecular complexity index is 533. The van der Waals surface area contributed by atoms with E-state index in [0.29, 0.717) is 5.69 Å². The molecular formula is C15H19N3O. The Kier molecular flexibility index (Phi) is 4.34. The normalized spacial score (nSPS) is 12.1. The van der Waals surface area contributed by atoms with Crippen LogP contribution in [0.25, 0.3) is 0 Å². The van der Waals surface area contributed by atoms with Crippen LogP contribution in [0, 0.1) is 0 Å². The Labute approximate surface area is 113 Å². The topological polar surface area (TPSA) is 46.9 Å². The second-order valence-electron chi connectivity index (χ2n) is 4.57. The molecule has 1 unspecified atom stereocenters. The van der Waals surface area contributed by atoms with E-state index in [0.717, 1.165) is 18.5 Å². The molecule has 1 heterocycles. The van der Waals surface area contributed by atoms with Crippen LogP contribution < -0.4 is 5.32 Å². The highest BCUT2D eigenvalue weighted by Crippen LogP contribution is 2.11. The first-order chi connectivity index (χ1) is 9.20. The number of hydrogen-bond acceptors (Lipinski definition) is 2. The zero-order valence-electron chi connectivity index (χ0n) is 11.3. The number of amides is 1. The van der Waals surface area contributed by atoms with Crippen LogP contribution in [0.3, 0.4) is 0 Å². The Morgan fingerprint density at radius 3 is 2.74 bits per heavy atom. The third-order valence-electron chi connectivity index (χ3n) is 2.97. The van der Waals surface area contributed by atoms with Crippen molar-refractivity contribution in [3.8, 4) is 0 Å². The summed E-state index contributed by atoms with van der Waals surface area (Å²) in [4.78, 5) is 12.1. The van der Waals surface area contributed by atoms with Gasteiger partial charge in [-0.15, -0.1) is 0 Å². The van der Waals surface area contributed by atoms with Crippen molar-refractivity contribution >= 4 is 5.91 Å². The standard InChI is InChI=1S/C15H19N3O/c1-3-10-18-11-9-14(17-18)15(19)16-12(2)13-7-5-4-6-8-13/h4-9,11-12H,3,10H2,1-2H3,(H,16,19). The lowest BCUT2D eigenvalue weighted by atomic mass is 10.1. The van der Waals surface area contributed by atoms with E-state index in [2.05, 4.69) is 17.3 Å². The van der Waals surface area contributed by atoms with E-state index in [9.17, 15) is 4.79 Å². The molecule has 2 rings (SSSR count). The van der Waals surface area contributed by atoms with Crippen LogP contribution in [-0.4, -0.2) is 15.7 Å². The molecule has 1 N–H and O–H groups in total. The summed E-state index contributed by atoms with van der Waals surface area (Å²) in [5, 5.41) is 7.20. The molecule has 0 spiro atoms. The van der Waals surface area contributed by atoms with Crippen molar-refractivity contribution in [1.29, 1.82) is 0 Å². The van der Waals surface area contributed by atoms with Crippen LogP contribution in [0.4, 0.5) is 0 Å². The Morgan fingerprint density at radius 1 is 1.32 bits per heavy atom. The maximum atomic E-state index is 12.1. The Morgan fingerprint density at radius 2 is 2.05 bits per heavy atom. The van der Waals surface area contributed by atoms with Crippen LogP contribution in [0.2, 0.25) is 0 Å². The number of carbonyl (C=O) groups is 1. The molecule has 1 atom stereocenters. The SMILES string of the molecule is CCCn1ccc(C(=O)NC(C)c2ccccc2)n1. The summed E-state index contributed by atoms with van der Waals surface area (Å²) in [5.41, 5.74) is 1.56. The Hall–Kier alpha value is -2.10. The number of benzene rings is 1. The zero-order chi connectivity index (χ0) is 13.7. The average molecular weight is 257 g/mol. The lowest BCUT2D eigenvalue weighted by Crippen LogP contribution is -2.27. The van der Waals surface area contributed by atoms with Crippen molar-refractivity contribution in [2.45, 2.75) is 32.9 Å². The molecule has 0 aliphatic carbocycles. The van der Waals surface area contributed by atoms with Crippen LogP contribution in [0.5, 0.6) is 0 Å². The summed E-state index contributed by atoms with van der Waals surface area (Å²) in [6.07, 6.45) is 2.84. The molecule has 1 aromatic carbocycles. The lowest BCUT2D eigenvalue weighted by molar-refractivity contribution is 0.0934. The van der Waals surface area contributed by atoms with Gasteiger partial charge in [-0.1, -0.05) is 37.3 Å². The molecule has 0 aliphatic rings. The van der Waals surface area contributed by atoms with Crippen LogP contribution in [0.15, 0.2) is 42.6 Å². The monoisotopic (exact) mass is 257 g/mol. The summed E-state index contributed by atoms with van der Waals surface area (Å²) < 4.78 is 1.79. The summed E-state index contributed by atoms with van der Waals surface area (Å²) >= 11 is 0. The predicted octanol–water partition coefficient (Wildman–Crippen LogP) is 2.78. The molecule has 0 aliphatic heterocycles. The van der Waals surface area contributed by atoms with E-state index in [1.165, 1.54) is 0 Å². The quantitative estimate of drug-likeness (QED) is 0.895. The molecule has 1 aromatic heterocycles. The minimum Gasteiger partial charge on any atom is -0.344 e. The van der Waals surface area contributed by atoms with E-state index in [-0.39, 0.29) is 11.9 Å². The van der Waals surface area contributed by atoms with Gasteiger partial charge in [0, 0.05) is 12.7 Å². The van der Waals surface area contributed by atoms with Crippen molar-refractivity contribution in [2.75, 3.05) is 0 Å². The predicted molar refractivity (Wildman–Crippen MR) is 74.8 cm³/mol. The molecule has 4 nitrogen and oxygen atoms in total. The van der Waals surface area contributed by atoms with Crippen molar-refractivity contribution < 1.29 is 4.79 Å². The highest BCUT2D eigenvalue weighted by Gasteiger charge is 2.13. The maximum absolute atomic E-state index is 12.1. The molecule has 19 heavy (non-hydrogen) atoms. The van der Waals surface area contributed by atoms with Crippen LogP contribution >= 0.6 is 0 Å². The summed E-state index contributed by atoms with van der Waals surface area (Å²) in [5.74, 6) is -0.133. The molecule has 1 amide bonds. The van der Waals surface area contributed by atoms with Gasteiger partial charge in [0.25, 0.3) is 5.91 Å². The summed E-state index contributed by atoms with van der Waals surface area (Å²) in [7, 11) is 0. The molecular weight excluding hydrogens is 238 g/mol. The van der Waals surface area contributed by atoms with Gasteiger partial charge in [0.2, 0.25) is 0 Å². The molecule has 100 valence electrons. The second-order valence-corrected chi connectivity index (χ2v) is 4.57. The lowest BCUT2D eigenvalue weighted by Gasteiger charge is -2.13. The van der Waals surface area contributed by atoms with E-state index in [1.54, 1.807) is 10.7 Å². The second kappa shape index (κ2) is 6.18. The molecule has 0 saturated carbocycles. The molecule has 0 saturated heterocycles. The van der Waals surface area contributed by atoms with Gasteiger partial charge in [0.15, 0.2) is 0 Å². The Balaban J connectivity index is 2.00. The first-order valence-corrected chi connectivity index (χ1v) is 6.60. The van der Waals surface area contributed by atoms with Crippen molar-refractivity contribution in [2.24, 2.45) is 0 Å².